The molecular formula is C24H36N4OS. The lowest BCUT2D eigenvalue weighted by molar-refractivity contribution is -0.0149. The van der Waals surface area contributed by atoms with Crippen LogP contribution in [-0.4, -0.2) is 37.2 Å². The predicted octanol–water partition coefficient (Wildman–Crippen LogP) is 4.79. The lowest BCUT2D eigenvalue weighted by atomic mass is 10.1. The second kappa shape index (κ2) is 10.8. The molecule has 2 N–H and O–H groups in total. The molecule has 1 saturated heterocycles. The number of hydrogen-bond donors (Lipinski definition) is 2. The van der Waals surface area contributed by atoms with E-state index in [9.17, 15) is 0 Å². The molecule has 2 heterocycles. The topological polar surface area (TPSA) is 48.9 Å². The predicted molar refractivity (Wildman–Crippen MR) is 128 cm³/mol. The molecule has 0 saturated carbocycles. The van der Waals surface area contributed by atoms with Crippen molar-refractivity contribution in [1.82, 2.24) is 10.6 Å². The number of piperidine rings is 1. The van der Waals surface area contributed by atoms with Gasteiger partial charge in [0, 0.05) is 25.7 Å². The standard InChI is InChI=1S/C24H36N4OS/c1-5-25-23(27-21-11-13-28(14-12-21)22-10-7-15-30-22)26-17-19-8-6-9-20(16-19)18-29-24(2,3)4/h6-10,15-16,21H,5,11-14,17-18H2,1-4H3,(H2,25,26,27). The lowest BCUT2D eigenvalue weighted by Crippen LogP contribution is -2.48. The summed E-state index contributed by atoms with van der Waals surface area (Å²) < 4.78 is 5.91. The largest absolute Gasteiger partial charge is 0.371 e. The highest BCUT2D eigenvalue weighted by Gasteiger charge is 2.20. The van der Waals surface area contributed by atoms with E-state index in [-0.39, 0.29) is 5.60 Å². The van der Waals surface area contributed by atoms with E-state index in [1.165, 1.54) is 16.1 Å². The van der Waals surface area contributed by atoms with Crippen molar-refractivity contribution in [3.63, 3.8) is 0 Å². The highest BCUT2D eigenvalue weighted by atomic mass is 32.1. The SMILES string of the molecule is CCNC(=NCc1cccc(COC(C)(C)C)c1)NC1CCN(c2cccs2)CC1. The summed E-state index contributed by atoms with van der Waals surface area (Å²) >= 11 is 1.82. The fraction of sp³-hybridized carbons (Fsp3) is 0.542. The fourth-order valence-corrected chi connectivity index (χ4v) is 4.28. The number of aliphatic imine (C=N–C) groups is 1. The van der Waals surface area contributed by atoms with E-state index in [1.54, 1.807) is 0 Å². The molecule has 30 heavy (non-hydrogen) atoms. The fourth-order valence-electron chi connectivity index (χ4n) is 3.50. The van der Waals surface area contributed by atoms with Gasteiger partial charge < -0.3 is 20.3 Å². The zero-order chi connectivity index (χ0) is 21.4. The Morgan fingerprint density at radius 1 is 1.17 bits per heavy atom. The van der Waals surface area contributed by atoms with Crippen molar-refractivity contribution in [3.8, 4) is 0 Å². The van der Waals surface area contributed by atoms with Crippen LogP contribution in [0.5, 0.6) is 0 Å². The maximum atomic E-state index is 5.91. The molecule has 164 valence electrons. The minimum absolute atomic E-state index is 0.130. The number of nitrogens with one attached hydrogen (secondary N) is 2. The Morgan fingerprint density at radius 3 is 2.60 bits per heavy atom. The second-order valence-corrected chi connectivity index (χ2v) is 9.70. The summed E-state index contributed by atoms with van der Waals surface area (Å²) in [5, 5.41) is 10.6. The molecule has 1 aromatic heterocycles. The molecule has 0 spiro atoms. The Balaban J connectivity index is 1.53. The van der Waals surface area contributed by atoms with Crippen molar-refractivity contribution >= 4 is 22.3 Å². The van der Waals surface area contributed by atoms with E-state index in [4.69, 9.17) is 9.73 Å². The molecule has 1 aliphatic heterocycles. The van der Waals surface area contributed by atoms with Crippen LogP contribution in [0.4, 0.5) is 5.00 Å². The average Bonchev–Trinajstić information content (AvgIpc) is 3.26. The summed E-state index contributed by atoms with van der Waals surface area (Å²) in [5.74, 6) is 0.906. The van der Waals surface area contributed by atoms with E-state index in [2.05, 4.69) is 85.0 Å². The molecule has 0 radical (unpaired) electrons. The molecule has 1 fully saturated rings. The van der Waals surface area contributed by atoms with Gasteiger partial charge in [-0.25, -0.2) is 4.99 Å². The molecule has 0 amide bonds. The van der Waals surface area contributed by atoms with E-state index in [1.807, 2.05) is 11.3 Å². The summed E-state index contributed by atoms with van der Waals surface area (Å²) in [6.07, 6.45) is 2.25. The molecule has 6 heteroatoms. The Bertz CT molecular complexity index is 790. The van der Waals surface area contributed by atoms with Crippen LogP contribution in [-0.2, 0) is 17.9 Å². The van der Waals surface area contributed by atoms with Crippen LogP contribution in [0.25, 0.3) is 0 Å². The molecule has 1 aromatic carbocycles. The Labute approximate surface area is 185 Å². The number of anilines is 1. The summed E-state index contributed by atoms with van der Waals surface area (Å²) in [7, 11) is 0. The van der Waals surface area contributed by atoms with Gasteiger partial charge in [0.05, 0.1) is 23.8 Å². The third-order valence-corrected chi connectivity index (χ3v) is 6.01. The van der Waals surface area contributed by atoms with Crippen LogP contribution in [0.3, 0.4) is 0 Å². The second-order valence-electron chi connectivity index (χ2n) is 8.77. The van der Waals surface area contributed by atoms with Gasteiger partial charge in [-0.05, 0) is 69.2 Å². The van der Waals surface area contributed by atoms with Crippen molar-refractivity contribution in [3.05, 3.63) is 52.9 Å². The highest BCUT2D eigenvalue weighted by molar-refractivity contribution is 7.14. The van der Waals surface area contributed by atoms with Crippen molar-refractivity contribution in [2.45, 2.75) is 65.3 Å². The van der Waals surface area contributed by atoms with Gasteiger partial charge in [0.25, 0.3) is 0 Å². The molecule has 0 unspecified atom stereocenters. The summed E-state index contributed by atoms with van der Waals surface area (Å²) in [5.41, 5.74) is 2.27. The maximum Gasteiger partial charge on any atom is 0.191 e. The van der Waals surface area contributed by atoms with Gasteiger partial charge in [-0.2, -0.15) is 0 Å². The van der Waals surface area contributed by atoms with Gasteiger partial charge in [0.2, 0.25) is 0 Å². The molecule has 3 rings (SSSR count). The number of ether oxygens (including phenoxy) is 1. The normalized spacial score (nSPS) is 16.0. The quantitative estimate of drug-likeness (QED) is 0.492. The third-order valence-electron chi connectivity index (χ3n) is 5.08. The number of guanidine groups is 1. The lowest BCUT2D eigenvalue weighted by Gasteiger charge is -2.33. The van der Waals surface area contributed by atoms with Crippen LogP contribution in [0.15, 0.2) is 46.8 Å². The van der Waals surface area contributed by atoms with Crippen LogP contribution >= 0.6 is 11.3 Å². The van der Waals surface area contributed by atoms with Gasteiger partial charge in [0.1, 0.15) is 0 Å². The zero-order valence-corrected chi connectivity index (χ0v) is 19.6. The third kappa shape index (κ3) is 7.33. The number of benzene rings is 1. The Morgan fingerprint density at radius 2 is 1.93 bits per heavy atom. The Hall–Kier alpha value is -2.05. The molecular weight excluding hydrogens is 392 g/mol. The van der Waals surface area contributed by atoms with Gasteiger partial charge >= 0.3 is 0 Å². The van der Waals surface area contributed by atoms with Crippen LogP contribution in [0.2, 0.25) is 0 Å². The van der Waals surface area contributed by atoms with Crippen molar-refractivity contribution in [2.24, 2.45) is 4.99 Å². The van der Waals surface area contributed by atoms with Gasteiger partial charge in [-0.1, -0.05) is 24.3 Å². The van der Waals surface area contributed by atoms with E-state index < -0.39 is 0 Å². The van der Waals surface area contributed by atoms with Gasteiger partial charge in [-0.15, -0.1) is 11.3 Å². The van der Waals surface area contributed by atoms with Crippen LogP contribution < -0.4 is 15.5 Å². The molecule has 1 aliphatic rings. The van der Waals surface area contributed by atoms with Crippen molar-refractivity contribution in [2.75, 3.05) is 24.5 Å². The van der Waals surface area contributed by atoms with E-state index in [0.717, 1.165) is 38.4 Å². The highest BCUT2D eigenvalue weighted by Crippen LogP contribution is 2.24. The first-order chi connectivity index (χ1) is 14.4. The zero-order valence-electron chi connectivity index (χ0n) is 18.8. The molecule has 0 bridgehead atoms. The van der Waals surface area contributed by atoms with E-state index in [0.29, 0.717) is 19.2 Å². The van der Waals surface area contributed by atoms with Crippen molar-refractivity contribution in [1.29, 1.82) is 0 Å². The minimum atomic E-state index is -0.130. The summed E-state index contributed by atoms with van der Waals surface area (Å²) in [6.45, 7) is 12.7. The van der Waals surface area contributed by atoms with Crippen molar-refractivity contribution < 1.29 is 4.74 Å². The smallest absolute Gasteiger partial charge is 0.191 e. The Kier molecular flexibility index (Phi) is 8.16. The van der Waals surface area contributed by atoms with E-state index >= 15 is 0 Å². The number of thiophene rings is 1. The minimum Gasteiger partial charge on any atom is -0.371 e. The monoisotopic (exact) mass is 428 g/mol. The number of hydrogen-bond acceptors (Lipinski definition) is 4. The first-order valence-electron chi connectivity index (χ1n) is 11.0. The number of nitrogens with zero attached hydrogens (tertiary/aromatic N) is 2. The number of rotatable bonds is 7. The van der Waals surface area contributed by atoms with Crippen LogP contribution in [0.1, 0.15) is 51.7 Å². The van der Waals surface area contributed by atoms with Gasteiger partial charge in [0.15, 0.2) is 5.96 Å². The van der Waals surface area contributed by atoms with Gasteiger partial charge in [-0.3, -0.25) is 0 Å². The first-order valence-corrected chi connectivity index (χ1v) is 11.9. The summed E-state index contributed by atoms with van der Waals surface area (Å²) in [6, 6.07) is 13.3. The summed E-state index contributed by atoms with van der Waals surface area (Å²) in [4.78, 5) is 7.32. The first kappa shape index (κ1) is 22.6. The average molecular weight is 429 g/mol. The van der Waals surface area contributed by atoms with Crippen LogP contribution in [0, 0.1) is 0 Å². The maximum absolute atomic E-state index is 5.91. The molecule has 0 atom stereocenters. The molecule has 5 nitrogen and oxygen atoms in total. The molecule has 0 aliphatic carbocycles. The molecule has 2 aromatic rings.